The van der Waals surface area contributed by atoms with E-state index in [1.54, 1.807) is 11.0 Å². The maximum atomic E-state index is 12.2. The van der Waals surface area contributed by atoms with Crippen LogP contribution in [0.1, 0.15) is 23.6 Å². The number of hydrogen-bond acceptors (Lipinski definition) is 1. The molecule has 0 fully saturated rings. The van der Waals surface area contributed by atoms with Gasteiger partial charge in [-0.25, -0.2) is 0 Å². The summed E-state index contributed by atoms with van der Waals surface area (Å²) in [4.78, 5) is 14.0. The molecule has 2 heteroatoms. The molecular formula is C14H17NO. The van der Waals surface area contributed by atoms with Crippen LogP contribution in [-0.4, -0.2) is 13.0 Å². The molecule has 16 heavy (non-hydrogen) atoms. The third-order valence-electron chi connectivity index (χ3n) is 3.50. The van der Waals surface area contributed by atoms with E-state index in [2.05, 4.69) is 25.6 Å². The Morgan fingerprint density at radius 2 is 2.00 bits per heavy atom. The number of amides is 1. The molecule has 2 nitrogen and oxygen atoms in total. The first-order valence-electron chi connectivity index (χ1n) is 5.45. The van der Waals surface area contributed by atoms with Crippen LogP contribution in [0.25, 0.3) is 0 Å². The van der Waals surface area contributed by atoms with Gasteiger partial charge in [-0.1, -0.05) is 23.8 Å². The zero-order chi connectivity index (χ0) is 12.1. The topological polar surface area (TPSA) is 20.3 Å². The Bertz CT molecular complexity index is 490. The molecule has 0 saturated carbocycles. The molecule has 0 N–H and O–H groups in total. The van der Waals surface area contributed by atoms with Gasteiger partial charge in [0.25, 0.3) is 0 Å². The second-order valence-electron chi connectivity index (χ2n) is 4.75. The Labute approximate surface area is 96.6 Å². The quantitative estimate of drug-likeness (QED) is 0.660. The zero-order valence-electron chi connectivity index (χ0n) is 10.3. The molecule has 0 radical (unpaired) electrons. The van der Waals surface area contributed by atoms with Gasteiger partial charge >= 0.3 is 0 Å². The van der Waals surface area contributed by atoms with Crippen LogP contribution in [0.3, 0.4) is 0 Å². The highest BCUT2D eigenvalue weighted by Crippen LogP contribution is 2.43. The number of carbonyl (C=O) groups is 1. The van der Waals surface area contributed by atoms with Crippen molar-refractivity contribution >= 4 is 11.6 Å². The fraction of sp³-hybridized carbons (Fsp3) is 0.357. The summed E-state index contributed by atoms with van der Waals surface area (Å²) in [6.07, 6.45) is 1.75. The normalized spacial score (nSPS) is 23.5. The lowest BCUT2D eigenvalue weighted by atomic mass is 9.83. The largest absolute Gasteiger partial charge is 0.314 e. The molecule has 1 aliphatic rings. The maximum Gasteiger partial charge on any atom is 0.241 e. The molecule has 84 valence electrons. The van der Waals surface area contributed by atoms with Crippen molar-refractivity contribution in [2.45, 2.75) is 26.2 Å². The van der Waals surface area contributed by atoms with Crippen LogP contribution < -0.4 is 4.90 Å². The SMILES string of the molecule is C=C[C@]1(C)C(=O)N(C)c2c(C)cc(C)cc21. The van der Waals surface area contributed by atoms with Crippen molar-refractivity contribution in [3.8, 4) is 0 Å². The van der Waals surface area contributed by atoms with Crippen LogP contribution in [0.4, 0.5) is 5.69 Å². The fourth-order valence-electron chi connectivity index (χ4n) is 2.56. The highest BCUT2D eigenvalue weighted by Gasteiger charge is 2.44. The van der Waals surface area contributed by atoms with Crippen LogP contribution in [0, 0.1) is 13.8 Å². The van der Waals surface area contributed by atoms with Crippen molar-refractivity contribution in [1.82, 2.24) is 0 Å². The minimum absolute atomic E-state index is 0.103. The number of likely N-dealkylation sites (N-methyl/N-ethyl adjacent to an activating group) is 1. The van der Waals surface area contributed by atoms with Crippen LogP contribution >= 0.6 is 0 Å². The van der Waals surface area contributed by atoms with Crippen molar-refractivity contribution < 1.29 is 4.79 Å². The lowest BCUT2D eigenvalue weighted by molar-refractivity contribution is -0.120. The Morgan fingerprint density at radius 1 is 1.38 bits per heavy atom. The molecule has 0 bridgehead atoms. The van der Waals surface area contributed by atoms with Gasteiger partial charge in [0.2, 0.25) is 5.91 Å². The molecule has 0 aliphatic carbocycles. The average molecular weight is 215 g/mol. The number of nitrogens with zero attached hydrogens (tertiary/aromatic N) is 1. The van der Waals surface area contributed by atoms with Crippen molar-refractivity contribution in [3.05, 3.63) is 41.5 Å². The number of benzene rings is 1. The highest BCUT2D eigenvalue weighted by molar-refractivity contribution is 6.09. The summed E-state index contributed by atoms with van der Waals surface area (Å²) in [5, 5.41) is 0. The van der Waals surface area contributed by atoms with Gasteiger partial charge in [-0.3, -0.25) is 4.79 Å². The van der Waals surface area contributed by atoms with Crippen LogP contribution in [0.15, 0.2) is 24.8 Å². The lowest BCUT2D eigenvalue weighted by Gasteiger charge is -2.18. The van der Waals surface area contributed by atoms with E-state index in [0.29, 0.717) is 0 Å². The molecule has 1 aromatic rings. The Balaban J connectivity index is 2.80. The van der Waals surface area contributed by atoms with Gasteiger partial charge in [0.05, 0.1) is 11.1 Å². The van der Waals surface area contributed by atoms with E-state index < -0.39 is 5.41 Å². The van der Waals surface area contributed by atoms with Gasteiger partial charge in [-0.15, -0.1) is 6.58 Å². The summed E-state index contributed by atoms with van der Waals surface area (Å²) in [6.45, 7) is 9.85. The Morgan fingerprint density at radius 3 is 2.56 bits per heavy atom. The molecule has 1 atom stereocenters. The van der Waals surface area contributed by atoms with Gasteiger partial charge < -0.3 is 4.90 Å². The Kier molecular flexibility index (Phi) is 2.19. The number of fused-ring (bicyclic) bond motifs is 1. The number of hydrogen-bond donors (Lipinski definition) is 0. The lowest BCUT2D eigenvalue weighted by Crippen LogP contribution is -2.34. The summed E-state index contributed by atoms with van der Waals surface area (Å²) in [6, 6.07) is 4.20. The van der Waals surface area contributed by atoms with Crippen molar-refractivity contribution in [3.63, 3.8) is 0 Å². The summed E-state index contributed by atoms with van der Waals surface area (Å²) < 4.78 is 0. The van der Waals surface area contributed by atoms with Gasteiger partial charge in [0.15, 0.2) is 0 Å². The molecule has 1 aliphatic heterocycles. The van der Waals surface area contributed by atoms with E-state index >= 15 is 0 Å². The van der Waals surface area contributed by atoms with Crippen LogP contribution in [0.2, 0.25) is 0 Å². The third kappa shape index (κ3) is 1.16. The monoisotopic (exact) mass is 215 g/mol. The number of rotatable bonds is 1. The Hall–Kier alpha value is -1.57. The second-order valence-corrected chi connectivity index (χ2v) is 4.75. The van der Waals surface area contributed by atoms with E-state index in [4.69, 9.17) is 0 Å². The molecular weight excluding hydrogens is 198 g/mol. The molecule has 0 saturated heterocycles. The van der Waals surface area contributed by atoms with Crippen molar-refractivity contribution in [2.24, 2.45) is 0 Å². The minimum Gasteiger partial charge on any atom is -0.314 e. The van der Waals surface area contributed by atoms with Crippen molar-refractivity contribution in [1.29, 1.82) is 0 Å². The van der Waals surface area contributed by atoms with Gasteiger partial charge in [-0.05, 0) is 31.9 Å². The zero-order valence-corrected chi connectivity index (χ0v) is 10.3. The van der Waals surface area contributed by atoms with E-state index in [1.165, 1.54) is 5.56 Å². The molecule has 1 aromatic carbocycles. The predicted octanol–water partition coefficient (Wildman–Crippen LogP) is 2.72. The van der Waals surface area contributed by atoms with E-state index in [1.807, 2.05) is 20.9 Å². The fourth-order valence-corrected chi connectivity index (χ4v) is 2.56. The average Bonchev–Trinajstić information content (AvgIpc) is 2.42. The first-order chi connectivity index (χ1) is 7.41. The first-order valence-corrected chi connectivity index (χ1v) is 5.45. The van der Waals surface area contributed by atoms with E-state index in [0.717, 1.165) is 16.8 Å². The van der Waals surface area contributed by atoms with Gasteiger partial charge in [0, 0.05) is 7.05 Å². The summed E-state index contributed by atoms with van der Waals surface area (Å²) >= 11 is 0. The maximum absolute atomic E-state index is 12.2. The summed E-state index contributed by atoms with van der Waals surface area (Å²) in [5.74, 6) is 0.103. The standard InChI is InChI=1S/C14H17NO/c1-6-14(4)11-8-9(2)7-10(3)12(11)15(5)13(14)16/h6-8H,1H2,2-5H3/t14-/m0/s1. The van der Waals surface area contributed by atoms with Crippen molar-refractivity contribution in [2.75, 3.05) is 11.9 Å². The van der Waals surface area contributed by atoms with Crippen LogP contribution in [0.5, 0.6) is 0 Å². The molecule has 0 unspecified atom stereocenters. The van der Waals surface area contributed by atoms with Crippen LogP contribution in [-0.2, 0) is 10.2 Å². The van der Waals surface area contributed by atoms with Gasteiger partial charge in [0.1, 0.15) is 0 Å². The number of anilines is 1. The highest BCUT2D eigenvalue weighted by atomic mass is 16.2. The molecule has 0 spiro atoms. The smallest absolute Gasteiger partial charge is 0.241 e. The van der Waals surface area contributed by atoms with E-state index in [9.17, 15) is 4.79 Å². The molecule has 1 amide bonds. The molecule has 2 rings (SSSR count). The minimum atomic E-state index is -0.569. The third-order valence-corrected chi connectivity index (χ3v) is 3.50. The molecule has 1 heterocycles. The number of carbonyl (C=O) groups excluding carboxylic acids is 1. The predicted molar refractivity (Wildman–Crippen MR) is 66.9 cm³/mol. The first kappa shape index (κ1) is 10.9. The van der Waals surface area contributed by atoms with Gasteiger partial charge in [-0.2, -0.15) is 0 Å². The summed E-state index contributed by atoms with van der Waals surface area (Å²) in [5.41, 5.74) is 3.88. The second kappa shape index (κ2) is 3.21. The van der Waals surface area contributed by atoms with E-state index in [-0.39, 0.29) is 5.91 Å². The molecule has 0 aromatic heterocycles. The summed E-state index contributed by atoms with van der Waals surface area (Å²) in [7, 11) is 1.83. The number of aryl methyl sites for hydroxylation is 2.